The van der Waals surface area contributed by atoms with Gasteiger partial charge in [-0.05, 0) is 12.3 Å². The van der Waals surface area contributed by atoms with E-state index >= 15 is 0 Å². The first-order valence-corrected chi connectivity index (χ1v) is 7.10. The molecule has 0 aliphatic carbocycles. The largest absolute Gasteiger partial charge is 0.480 e. The number of carbonyl (C=O) groups excluding carboxylic acids is 3. The Labute approximate surface area is 133 Å². The molecule has 0 bridgehead atoms. The molecule has 10 heteroatoms. The van der Waals surface area contributed by atoms with Crippen LogP contribution in [0.1, 0.15) is 20.3 Å². The zero-order valence-electron chi connectivity index (χ0n) is 13.2. The number of amides is 3. The number of hydrogen-bond acceptors (Lipinski definition) is 6. The second kappa shape index (κ2) is 10.5. The predicted octanol–water partition coefficient (Wildman–Crippen LogP) is -2.85. The predicted molar refractivity (Wildman–Crippen MR) is 80.1 cm³/mol. The maximum absolute atomic E-state index is 11.6. The fourth-order valence-electron chi connectivity index (χ4n) is 1.64. The molecule has 0 saturated carbocycles. The molecular weight excluding hydrogens is 308 g/mol. The Kier molecular flexibility index (Phi) is 9.51. The van der Waals surface area contributed by atoms with Crippen molar-refractivity contribution in [2.75, 3.05) is 19.7 Å². The lowest BCUT2D eigenvalue weighted by atomic mass is 10.0. The normalized spacial score (nSPS) is 13.1. The number of nitrogens with one attached hydrogen (secondary N) is 3. The molecule has 0 aromatic heterocycles. The van der Waals surface area contributed by atoms with E-state index in [1.165, 1.54) is 0 Å². The Bertz CT molecular complexity index is 440. The number of carbonyl (C=O) groups is 4. The van der Waals surface area contributed by atoms with Gasteiger partial charge < -0.3 is 31.9 Å². The van der Waals surface area contributed by atoms with Crippen LogP contribution in [0.3, 0.4) is 0 Å². The summed E-state index contributed by atoms with van der Waals surface area (Å²) in [4.78, 5) is 45.1. The summed E-state index contributed by atoms with van der Waals surface area (Å²) in [6.07, 6.45) is 0.463. The Morgan fingerprint density at radius 3 is 2.09 bits per heavy atom. The van der Waals surface area contributed by atoms with E-state index in [4.69, 9.17) is 15.9 Å². The lowest BCUT2D eigenvalue weighted by Crippen LogP contribution is -2.53. The Morgan fingerprint density at radius 1 is 1.04 bits per heavy atom. The van der Waals surface area contributed by atoms with E-state index in [1.54, 1.807) is 0 Å². The van der Waals surface area contributed by atoms with Crippen molar-refractivity contribution in [3.63, 3.8) is 0 Å². The van der Waals surface area contributed by atoms with E-state index in [0.717, 1.165) is 0 Å². The van der Waals surface area contributed by atoms with Crippen LogP contribution in [-0.2, 0) is 19.2 Å². The average molecular weight is 332 g/mol. The average Bonchev–Trinajstić information content (AvgIpc) is 2.46. The minimum Gasteiger partial charge on any atom is -0.480 e. The second-order valence-electron chi connectivity index (χ2n) is 5.37. The van der Waals surface area contributed by atoms with Gasteiger partial charge in [0.05, 0.1) is 19.2 Å². The summed E-state index contributed by atoms with van der Waals surface area (Å²) in [6.45, 7) is 2.06. The fraction of sp³-hybridized carbons (Fsp3) is 0.692. The number of aliphatic hydroxyl groups is 1. The number of carboxylic acids is 1. The van der Waals surface area contributed by atoms with Crippen LogP contribution in [0.25, 0.3) is 0 Å². The van der Waals surface area contributed by atoms with Crippen molar-refractivity contribution in [1.82, 2.24) is 16.0 Å². The van der Waals surface area contributed by atoms with Gasteiger partial charge in [-0.2, -0.15) is 0 Å². The molecule has 0 aromatic carbocycles. The molecule has 0 heterocycles. The first-order valence-electron chi connectivity index (χ1n) is 7.10. The molecule has 132 valence electrons. The van der Waals surface area contributed by atoms with E-state index in [0.29, 0.717) is 6.42 Å². The minimum atomic E-state index is -1.30. The summed E-state index contributed by atoms with van der Waals surface area (Å²) < 4.78 is 0. The molecule has 0 aliphatic heterocycles. The molecule has 0 rings (SSSR count). The quantitative estimate of drug-likeness (QED) is 0.250. The smallest absolute Gasteiger partial charge is 0.322 e. The van der Waals surface area contributed by atoms with E-state index in [1.807, 2.05) is 19.2 Å². The molecule has 0 saturated heterocycles. The summed E-state index contributed by atoms with van der Waals surface area (Å²) in [5.41, 5.74) is 5.64. The molecule has 2 unspecified atom stereocenters. The molecule has 23 heavy (non-hydrogen) atoms. The minimum absolute atomic E-state index is 0.223. The summed E-state index contributed by atoms with van der Waals surface area (Å²) >= 11 is 0. The van der Waals surface area contributed by atoms with Crippen LogP contribution in [-0.4, -0.2) is 65.7 Å². The van der Waals surface area contributed by atoms with Gasteiger partial charge in [-0.3, -0.25) is 19.2 Å². The molecule has 7 N–H and O–H groups in total. The highest BCUT2D eigenvalue weighted by atomic mass is 16.4. The monoisotopic (exact) mass is 332 g/mol. The molecule has 0 radical (unpaired) electrons. The molecule has 10 nitrogen and oxygen atoms in total. The Hall–Kier alpha value is -2.20. The van der Waals surface area contributed by atoms with Crippen LogP contribution in [0.4, 0.5) is 0 Å². The number of rotatable bonds is 10. The van der Waals surface area contributed by atoms with Crippen molar-refractivity contribution in [3.05, 3.63) is 0 Å². The van der Waals surface area contributed by atoms with Gasteiger partial charge in [-0.1, -0.05) is 13.8 Å². The van der Waals surface area contributed by atoms with E-state index in [9.17, 15) is 19.2 Å². The first-order chi connectivity index (χ1) is 10.7. The van der Waals surface area contributed by atoms with Crippen LogP contribution >= 0.6 is 0 Å². The first kappa shape index (κ1) is 20.8. The summed E-state index contributed by atoms with van der Waals surface area (Å²) in [7, 11) is 0. The summed E-state index contributed by atoms with van der Waals surface area (Å²) in [6, 6.07) is -2.04. The lowest BCUT2D eigenvalue weighted by Gasteiger charge is -2.17. The summed E-state index contributed by atoms with van der Waals surface area (Å²) in [5, 5.41) is 24.0. The third kappa shape index (κ3) is 9.42. The molecule has 2 atom stereocenters. The SMILES string of the molecule is CC(C)CC(N)C(=O)NCC(=O)NC(CO)C(=O)NCC(=O)O. The van der Waals surface area contributed by atoms with E-state index in [-0.39, 0.29) is 5.92 Å². The lowest BCUT2D eigenvalue weighted by molar-refractivity contribution is -0.138. The van der Waals surface area contributed by atoms with E-state index < -0.39 is 55.5 Å². The van der Waals surface area contributed by atoms with E-state index in [2.05, 4.69) is 10.6 Å². The van der Waals surface area contributed by atoms with Crippen LogP contribution in [0, 0.1) is 5.92 Å². The highest BCUT2D eigenvalue weighted by Gasteiger charge is 2.21. The van der Waals surface area contributed by atoms with Gasteiger partial charge in [0.1, 0.15) is 12.6 Å². The molecule has 0 spiro atoms. The molecule has 3 amide bonds. The van der Waals surface area contributed by atoms with Crippen molar-refractivity contribution in [3.8, 4) is 0 Å². The topological polar surface area (TPSA) is 171 Å². The fourth-order valence-corrected chi connectivity index (χ4v) is 1.64. The molecule has 0 fully saturated rings. The summed E-state index contributed by atoms with van der Waals surface area (Å²) in [5.74, 6) is -3.08. The number of hydrogen-bond donors (Lipinski definition) is 6. The van der Waals surface area contributed by atoms with Gasteiger partial charge in [-0.25, -0.2) is 0 Å². The van der Waals surface area contributed by atoms with Crippen molar-refractivity contribution in [1.29, 1.82) is 0 Å². The molecular formula is C13H24N4O6. The van der Waals surface area contributed by atoms with Crippen LogP contribution < -0.4 is 21.7 Å². The van der Waals surface area contributed by atoms with Gasteiger partial charge in [0, 0.05) is 0 Å². The van der Waals surface area contributed by atoms with Crippen molar-refractivity contribution in [2.45, 2.75) is 32.4 Å². The van der Waals surface area contributed by atoms with Crippen molar-refractivity contribution in [2.24, 2.45) is 11.7 Å². The third-order valence-electron chi connectivity index (χ3n) is 2.73. The maximum atomic E-state index is 11.6. The molecule has 0 aliphatic rings. The van der Waals surface area contributed by atoms with Gasteiger partial charge in [-0.15, -0.1) is 0 Å². The zero-order valence-corrected chi connectivity index (χ0v) is 13.2. The van der Waals surface area contributed by atoms with Crippen LogP contribution in [0.2, 0.25) is 0 Å². The van der Waals surface area contributed by atoms with Crippen LogP contribution in [0.5, 0.6) is 0 Å². The standard InChI is InChI=1S/C13H24N4O6/c1-7(2)3-8(14)12(22)15-4-10(19)17-9(6-18)13(23)16-5-11(20)21/h7-9,18H,3-6,14H2,1-2H3,(H,15,22)(H,16,23)(H,17,19)(H,20,21). The Morgan fingerprint density at radius 2 is 1.61 bits per heavy atom. The number of aliphatic carboxylic acids is 1. The van der Waals surface area contributed by atoms with Gasteiger partial charge in [0.25, 0.3) is 0 Å². The van der Waals surface area contributed by atoms with Crippen LogP contribution in [0.15, 0.2) is 0 Å². The van der Waals surface area contributed by atoms with Crippen molar-refractivity contribution >= 4 is 23.7 Å². The van der Waals surface area contributed by atoms with Gasteiger partial charge in [0.15, 0.2) is 0 Å². The Balaban J connectivity index is 4.27. The number of nitrogens with two attached hydrogens (primary N) is 1. The molecule has 0 aromatic rings. The number of aliphatic hydroxyl groups excluding tert-OH is 1. The number of carboxylic acid groups (broad SMARTS) is 1. The van der Waals surface area contributed by atoms with Gasteiger partial charge in [0.2, 0.25) is 17.7 Å². The van der Waals surface area contributed by atoms with Crippen molar-refractivity contribution < 1.29 is 29.4 Å². The zero-order chi connectivity index (χ0) is 18.0. The highest BCUT2D eigenvalue weighted by Crippen LogP contribution is 2.02. The second-order valence-corrected chi connectivity index (χ2v) is 5.37. The highest BCUT2D eigenvalue weighted by molar-refractivity contribution is 5.91. The van der Waals surface area contributed by atoms with Gasteiger partial charge >= 0.3 is 5.97 Å². The third-order valence-corrected chi connectivity index (χ3v) is 2.73. The maximum Gasteiger partial charge on any atom is 0.322 e.